The second-order valence-corrected chi connectivity index (χ2v) is 11.3. The molecule has 0 amide bonds. The zero-order valence-corrected chi connectivity index (χ0v) is 17.5. The molecule has 145 valence electrons. The first-order valence-corrected chi connectivity index (χ1v) is 10.7. The number of piperidine rings is 1. The van der Waals surface area contributed by atoms with E-state index in [1.807, 2.05) is 26.8 Å². The third-order valence-electron chi connectivity index (χ3n) is 5.76. The van der Waals surface area contributed by atoms with Gasteiger partial charge in [-0.2, -0.15) is 0 Å². The maximum Gasteiger partial charge on any atom is 0.136 e. The van der Waals surface area contributed by atoms with E-state index in [4.69, 9.17) is 0 Å². The van der Waals surface area contributed by atoms with Gasteiger partial charge in [0.2, 0.25) is 0 Å². The van der Waals surface area contributed by atoms with Gasteiger partial charge in [0.05, 0.1) is 6.04 Å². The molecule has 3 rings (SSSR count). The SMILES string of the molecule is C[C](C)CN1CCC2(CC1)Cc1cccc(F)c1[C@H]2N[S@+]([O-])C(C)(C)C. The van der Waals surface area contributed by atoms with Gasteiger partial charge in [0.1, 0.15) is 10.6 Å². The molecule has 0 aromatic heterocycles. The van der Waals surface area contributed by atoms with Crippen molar-refractivity contribution in [3.8, 4) is 0 Å². The molecule has 1 aromatic carbocycles. The Bertz CT molecular complexity index is 635. The van der Waals surface area contributed by atoms with E-state index in [1.54, 1.807) is 6.07 Å². The van der Waals surface area contributed by atoms with Gasteiger partial charge >= 0.3 is 0 Å². The minimum absolute atomic E-state index is 0.0381. The molecule has 0 saturated carbocycles. The van der Waals surface area contributed by atoms with Gasteiger partial charge in [-0.05, 0) is 70.7 Å². The van der Waals surface area contributed by atoms with Gasteiger partial charge in [-0.25, -0.2) is 4.39 Å². The number of hydrogen-bond donors (Lipinski definition) is 1. The summed E-state index contributed by atoms with van der Waals surface area (Å²) in [6.07, 6.45) is 2.89. The van der Waals surface area contributed by atoms with E-state index >= 15 is 0 Å². The quantitative estimate of drug-likeness (QED) is 0.798. The van der Waals surface area contributed by atoms with Gasteiger partial charge in [0.25, 0.3) is 0 Å². The Morgan fingerprint density at radius 3 is 2.54 bits per heavy atom. The van der Waals surface area contributed by atoms with Gasteiger partial charge in [0, 0.05) is 28.9 Å². The van der Waals surface area contributed by atoms with Crippen LogP contribution < -0.4 is 4.72 Å². The molecule has 2 aliphatic rings. The summed E-state index contributed by atoms with van der Waals surface area (Å²) < 4.78 is 30.5. The number of rotatable bonds is 4. The van der Waals surface area contributed by atoms with Crippen LogP contribution in [-0.2, 0) is 17.8 Å². The predicted molar refractivity (Wildman–Crippen MR) is 107 cm³/mol. The molecule has 3 nitrogen and oxygen atoms in total. The van der Waals surface area contributed by atoms with Gasteiger partial charge in [0.15, 0.2) is 0 Å². The first-order valence-electron chi connectivity index (χ1n) is 9.59. The molecule has 1 aliphatic carbocycles. The van der Waals surface area contributed by atoms with E-state index in [2.05, 4.69) is 23.5 Å². The molecule has 1 aliphatic heterocycles. The maximum atomic E-state index is 14.7. The van der Waals surface area contributed by atoms with E-state index in [0.29, 0.717) is 0 Å². The van der Waals surface area contributed by atoms with E-state index in [0.717, 1.165) is 50.0 Å². The fourth-order valence-corrected chi connectivity index (χ4v) is 5.32. The Hall–Kier alpha value is -0.620. The van der Waals surface area contributed by atoms with E-state index in [9.17, 15) is 8.94 Å². The number of likely N-dealkylation sites (tertiary alicyclic amines) is 1. The summed E-state index contributed by atoms with van der Waals surface area (Å²) in [6, 6.07) is 5.21. The largest absolute Gasteiger partial charge is 0.598 e. The molecule has 1 saturated heterocycles. The van der Waals surface area contributed by atoms with Gasteiger partial charge < -0.3 is 9.45 Å². The Labute approximate surface area is 161 Å². The van der Waals surface area contributed by atoms with Crippen LogP contribution in [0.5, 0.6) is 0 Å². The Morgan fingerprint density at radius 2 is 1.96 bits per heavy atom. The lowest BCUT2D eigenvalue weighted by atomic mass is 9.73. The van der Waals surface area contributed by atoms with Crippen LogP contribution in [-0.4, -0.2) is 33.8 Å². The standard InChI is InChI=1S/C21H32FN2OS/c1-15(2)14-24-11-9-21(10-12-24)13-16-7-6-8-17(22)18(16)19(21)23-26(25)20(3,4)5/h6-8,19,23H,9-14H2,1-5H3/t19-,26-/m1/s1. The van der Waals surface area contributed by atoms with E-state index in [1.165, 1.54) is 12.0 Å². The van der Waals surface area contributed by atoms with Crippen LogP contribution in [0, 0.1) is 17.2 Å². The summed E-state index contributed by atoms with van der Waals surface area (Å²) >= 11 is -1.22. The van der Waals surface area contributed by atoms with Crippen molar-refractivity contribution in [2.24, 2.45) is 5.41 Å². The Balaban J connectivity index is 1.86. The van der Waals surface area contributed by atoms with Crippen LogP contribution >= 0.6 is 0 Å². The monoisotopic (exact) mass is 379 g/mol. The van der Waals surface area contributed by atoms with Crippen molar-refractivity contribution >= 4 is 11.4 Å². The number of hydrogen-bond acceptors (Lipinski definition) is 3. The Morgan fingerprint density at radius 1 is 1.31 bits per heavy atom. The number of nitrogens with zero attached hydrogens (tertiary/aromatic N) is 1. The molecule has 1 spiro atoms. The zero-order chi connectivity index (χ0) is 19.1. The van der Waals surface area contributed by atoms with Crippen molar-refractivity contribution in [2.75, 3.05) is 19.6 Å². The average molecular weight is 380 g/mol. The molecule has 1 heterocycles. The number of nitrogens with one attached hydrogen (secondary N) is 1. The molecular formula is C21H32FN2OS. The highest BCUT2D eigenvalue weighted by Crippen LogP contribution is 2.53. The molecule has 2 atom stereocenters. The summed E-state index contributed by atoms with van der Waals surface area (Å²) in [4.78, 5) is 2.48. The average Bonchev–Trinajstić information content (AvgIpc) is 2.83. The summed E-state index contributed by atoms with van der Waals surface area (Å²) in [6.45, 7) is 13.3. The molecular weight excluding hydrogens is 347 g/mol. The van der Waals surface area contributed by atoms with Crippen molar-refractivity contribution in [1.29, 1.82) is 0 Å². The van der Waals surface area contributed by atoms with Crippen molar-refractivity contribution in [3.05, 3.63) is 41.1 Å². The molecule has 1 aromatic rings. The van der Waals surface area contributed by atoms with Crippen LogP contribution in [0.2, 0.25) is 0 Å². The summed E-state index contributed by atoms with van der Waals surface area (Å²) in [5.41, 5.74) is 1.79. The van der Waals surface area contributed by atoms with Gasteiger partial charge in [-0.3, -0.25) is 0 Å². The topological polar surface area (TPSA) is 38.3 Å². The normalized spacial score (nSPS) is 24.2. The van der Waals surface area contributed by atoms with Crippen molar-refractivity contribution in [3.63, 3.8) is 0 Å². The van der Waals surface area contributed by atoms with Crippen LogP contribution in [0.4, 0.5) is 4.39 Å². The van der Waals surface area contributed by atoms with Crippen LogP contribution in [0.15, 0.2) is 18.2 Å². The van der Waals surface area contributed by atoms with E-state index < -0.39 is 11.4 Å². The summed E-state index contributed by atoms with van der Waals surface area (Å²) in [5.74, 6) is 1.26. The summed E-state index contributed by atoms with van der Waals surface area (Å²) in [5, 5.41) is 0. The second kappa shape index (κ2) is 7.42. The molecule has 1 radical (unpaired) electrons. The van der Waals surface area contributed by atoms with Crippen LogP contribution in [0.25, 0.3) is 0 Å². The predicted octanol–water partition coefficient (Wildman–Crippen LogP) is 4.17. The lowest BCUT2D eigenvalue weighted by Gasteiger charge is -2.44. The minimum atomic E-state index is -1.22. The maximum absolute atomic E-state index is 14.7. The van der Waals surface area contributed by atoms with Crippen LogP contribution in [0.1, 0.15) is 64.6 Å². The van der Waals surface area contributed by atoms with Crippen LogP contribution in [0.3, 0.4) is 0 Å². The third kappa shape index (κ3) is 3.96. The number of halogens is 1. The van der Waals surface area contributed by atoms with Gasteiger partial charge in [-0.15, -0.1) is 4.72 Å². The minimum Gasteiger partial charge on any atom is -0.598 e. The first-order chi connectivity index (χ1) is 12.1. The third-order valence-corrected chi connectivity index (χ3v) is 7.32. The molecule has 0 unspecified atom stereocenters. The fraction of sp³-hybridized carbons (Fsp3) is 0.667. The smallest absolute Gasteiger partial charge is 0.136 e. The Kier molecular flexibility index (Phi) is 5.74. The van der Waals surface area contributed by atoms with Crippen molar-refractivity contribution in [2.45, 2.75) is 64.7 Å². The highest BCUT2D eigenvalue weighted by Gasteiger charge is 2.51. The molecule has 1 N–H and O–H groups in total. The lowest BCUT2D eigenvalue weighted by Crippen LogP contribution is -2.50. The highest BCUT2D eigenvalue weighted by molar-refractivity contribution is 7.90. The van der Waals surface area contributed by atoms with Gasteiger partial charge in [-0.1, -0.05) is 26.0 Å². The molecule has 5 heteroatoms. The molecule has 1 fully saturated rings. The number of benzene rings is 1. The lowest BCUT2D eigenvalue weighted by molar-refractivity contribution is 0.0861. The van der Waals surface area contributed by atoms with Crippen molar-refractivity contribution < 1.29 is 8.94 Å². The molecule has 0 bridgehead atoms. The summed E-state index contributed by atoms with van der Waals surface area (Å²) in [7, 11) is 0. The zero-order valence-electron chi connectivity index (χ0n) is 16.7. The second-order valence-electron chi connectivity index (χ2n) is 9.27. The fourth-order valence-electron chi connectivity index (χ4n) is 4.38. The first kappa shape index (κ1) is 20.1. The van der Waals surface area contributed by atoms with E-state index in [-0.39, 0.29) is 22.0 Å². The molecule has 26 heavy (non-hydrogen) atoms. The highest BCUT2D eigenvalue weighted by atomic mass is 32.2. The van der Waals surface area contributed by atoms with Crippen molar-refractivity contribution in [1.82, 2.24) is 9.62 Å². The number of fused-ring (bicyclic) bond motifs is 1.